The van der Waals surface area contributed by atoms with Crippen molar-refractivity contribution in [3.05, 3.63) is 58.1 Å². The molecule has 5 nitrogen and oxygen atoms in total. The SMILES string of the molecule is COCCOc1ccc(CNS(=O)(=O)c2ccc(Br)c(C)c2)cc1. The molecule has 7 heteroatoms. The lowest BCUT2D eigenvalue weighted by Gasteiger charge is -2.09. The van der Waals surface area contributed by atoms with E-state index in [9.17, 15) is 8.42 Å². The molecule has 0 aliphatic rings. The summed E-state index contributed by atoms with van der Waals surface area (Å²) in [6, 6.07) is 12.2. The number of sulfonamides is 1. The Kier molecular flexibility index (Phi) is 6.79. The summed E-state index contributed by atoms with van der Waals surface area (Å²) in [5.74, 6) is 0.724. The Hall–Kier alpha value is -1.41. The molecule has 0 saturated carbocycles. The quantitative estimate of drug-likeness (QED) is 0.674. The van der Waals surface area contributed by atoms with Gasteiger partial charge in [0, 0.05) is 18.1 Å². The minimum atomic E-state index is -3.54. The molecule has 24 heavy (non-hydrogen) atoms. The van der Waals surface area contributed by atoms with Gasteiger partial charge in [0.1, 0.15) is 12.4 Å². The van der Waals surface area contributed by atoms with Crippen LogP contribution >= 0.6 is 15.9 Å². The molecule has 0 heterocycles. The summed E-state index contributed by atoms with van der Waals surface area (Å²) >= 11 is 3.37. The monoisotopic (exact) mass is 413 g/mol. The molecule has 0 saturated heterocycles. The molecule has 0 spiro atoms. The van der Waals surface area contributed by atoms with Gasteiger partial charge in [0.15, 0.2) is 0 Å². The third kappa shape index (κ3) is 5.31. The molecule has 0 aliphatic heterocycles. The Bertz CT molecular complexity index is 776. The van der Waals surface area contributed by atoms with Gasteiger partial charge in [-0.25, -0.2) is 13.1 Å². The molecule has 130 valence electrons. The van der Waals surface area contributed by atoms with Crippen LogP contribution in [0.3, 0.4) is 0 Å². The van der Waals surface area contributed by atoms with Gasteiger partial charge in [0.2, 0.25) is 10.0 Å². The highest BCUT2D eigenvalue weighted by Gasteiger charge is 2.14. The molecular formula is C17H20BrNO4S. The molecule has 0 amide bonds. The number of methoxy groups -OCH3 is 1. The third-order valence-electron chi connectivity index (χ3n) is 3.39. The Morgan fingerprint density at radius 2 is 1.79 bits per heavy atom. The maximum Gasteiger partial charge on any atom is 0.240 e. The van der Waals surface area contributed by atoms with Crippen LogP contribution < -0.4 is 9.46 Å². The standard InChI is InChI=1S/C17H20BrNO4S/c1-13-11-16(7-8-17(13)18)24(20,21)19-12-14-3-5-15(6-4-14)23-10-9-22-2/h3-8,11,19H,9-10,12H2,1-2H3. The smallest absolute Gasteiger partial charge is 0.240 e. The topological polar surface area (TPSA) is 64.6 Å². The number of halogens is 1. The number of nitrogens with one attached hydrogen (secondary N) is 1. The maximum absolute atomic E-state index is 12.3. The van der Waals surface area contributed by atoms with E-state index in [4.69, 9.17) is 9.47 Å². The Morgan fingerprint density at radius 1 is 1.08 bits per heavy atom. The van der Waals surface area contributed by atoms with E-state index in [1.165, 1.54) is 0 Å². The summed E-state index contributed by atoms with van der Waals surface area (Å²) in [6.45, 7) is 3.07. The summed E-state index contributed by atoms with van der Waals surface area (Å²) in [5, 5.41) is 0. The number of rotatable bonds is 8. The zero-order valence-corrected chi connectivity index (χ0v) is 16.0. The number of benzene rings is 2. The zero-order valence-electron chi connectivity index (χ0n) is 13.6. The van der Waals surface area contributed by atoms with Crippen molar-refractivity contribution in [2.75, 3.05) is 20.3 Å². The molecule has 2 rings (SSSR count). The Labute approximate surface area is 151 Å². The van der Waals surface area contributed by atoms with Crippen LogP contribution in [0, 0.1) is 6.92 Å². The van der Waals surface area contributed by atoms with Crippen LogP contribution in [0.2, 0.25) is 0 Å². The second kappa shape index (κ2) is 8.62. The molecule has 0 aliphatic carbocycles. The lowest BCUT2D eigenvalue weighted by molar-refractivity contribution is 0.146. The van der Waals surface area contributed by atoms with E-state index in [0.717, 1.165) is 21.3 Å². The zero-order chi connectivity index (χ0) is 17.6. The highest BCUT2D eigenvalue weighted by atomic mass is 79.9. The molecule has 0 bridgehead atoms. The van der Waals surface area contributed by atoms with E-state index in [1.807, 2.05) is 31.2 Å². The number of hydrogen-bond acceptors (Lipinski definition) is 4. The van der Waals surface area contributed by atoms with Crippen molar-refractivity contribution in [2.24, 2.45) is 0 Å². The van der Waals surface area contributed by atoms with Gasteiger partial charge in [0.05, 0.1) is 11.5 Å². The van der Waals surface area contributed by atoms with Gasteiger partial charge in [-0.1, -0.05) is 28.1 Å². The van der Waals surface area contributed by atoms with Crippen molar-refractivity contribution in [3.8, 4) is 5.75 Å². The van der Waals surface area contributed by atoms with Gasteiger partial charge in [-0.15, -0.1) is 0 Å². The Morgan fingerprint density at radius 3 is 2.42 bits per heavy atom. The average Bonchev–Trinajstić information content (AvgIpc) is 2.57. The summed E-state index contributed by atoms with van der Waals surface area (Å²) in [7, 11) is -1.93. The van der Waals surface area contributed by atoms with Gasteiger partial charge in [-0.2, -0.15) is 0 Å². The molecule has 0 atom stereocenters. The normalized spacial score (nSPS) is 11.5. The van der Waals surface area contributed by atoms with E-state index in [2.05, 4.69) is 20.7 Å². The van der Waals surface area contributed by atoms with E-state index in [1.54, 1.807) is 25.3 Å². The predicted molar refractivity (Wildman–Crippen MR) is 96.7 cm³/mol. The first-order chi connectivity index (χ1) is 11.4. The lowest BCUT2D eigenvalue weighted by atomic mass is 10.2. The van der Waals surface area contributed by atoms with E-state index >= 15 is 0 Å². The van der Waals surface area contributed by atoms with E-state index in [0.29, 0.717) is 13.2 Å². The average molecular weight is 414 g/mol. The van der Waals surface area contributed by atoms with Crippen LogP contribution in [0.1, 0.15) is 11.1 Å². The first kappa shape index (κ1) is 18.9. The number of hydrogen-bond donors (Lipinski definition) is 1. The first-order valence-electron chi connectivity index (χ1n) is 7.39. The van der Waals surface area contributed by atoms with Crippen LogP contribution in [0.5, 0.6) is 5.75 Å². The van der Waals surface area contributed by atoms with Crippen molar-refractivity contribution in [3.63, 3.8) is 0 Å². The van der Waals surface area contributed by atoms with Crippen molar-refractivity contribution < 1.29 is 17.9 Å². The molecule has 0 aromatic heterocycles. The number of aryl methyl sites for hydroxylation is 1. The third-order valence-corrected chi connectivity index (χ3v) is 5.67. The molecule has 2 aromatic rings. The van der Waals surface area contributed by atoms with Crippen molar-refractivity contribution in [1.82, 2.24) is 4.72 Å². The van der Waals surface area contributed by atoms with Crippen LogP contribution in [-0.2, 0) is 21.3 Å². The highest BCUT2D eigenvalue weighted by molar-refractivity contribution is 9.10. The second-order valence-corrected chi connectivity index (χ2v) is 7.84. The van der Waals surface area contributed by atoms with Gasteiger partial charge in [0.25, 0.3) is 0 Å². The summed E-state index contributed by atoms with van der Waals surface area (Å²) < 4.78 is 38.6. The minimum absolute atomic E-state index is 0.218. The van der Waals surface area contributed by atoms with Gasteiger partial charge in [-0.05, 0) is 48.4 Å². The van der Waals surface area contributed by atoms with E-state index < -0.39 is 10.0 Å². The lowest BCUT2D eigenvalue weighted by Crippen LogP contribution is -2.23. The fourth-order valence-electron chi connectivity index (χ4n) is 1.99. The van der Waals surface area contributed by atoms with Crippen LogP contribution in [0.25, 0.3) is 0 Å². The molecule has 0 unspecified atom stereocenters. The van der Waals surface area contributed by atoms with Gasteiger partial charge < -0.3 is 9.47 Å². The van der Waals surface area contributed by atoms with Crippen LogP contribution in [-0.4, -0.2) is 28.7 Å². The van der Waals surface area contributed by atoms with Crippen molar-refractivity contribution >= 4 is 26.0 Å². The van der Waals surface area contributed by atoms with Crippen molar-refractivity contribution in [2.45, 2.75) is 18.4 Å². The van der Waals surface area contributed by atoms with Gasteiger partial charge >= 0.3 is 0 Å². The predicted octanol–water partition coefficient (Wildman–Crippen LogP) is 3.26. The highest BCUT2D eigenvalue weighted by Crippen LogP contribution is 2.20. The fourth-order valence-corrected chi connectivity index (χ4v) is 3.34. The fraction of sp³-hybridized carbons (Fsp3) is 0.294. The summed E-state index contributed by atoms with van der Waals surface area (Å²) in [4.78, 5) is 0.253. The molecule has 0 radical (unpaired) electrons. The molecule has 2 aromatic carbocycles. The van der Waals surface area contributed by atoms with Crippen LogP contribution in [0.15, 0.2) is 51.8 Å². The Balaban J connectivity index is 1.97. The molecular weight excluding hydrogens is 394 g/mol. The maximum atomic E-state index is 12.3. The van der Waals surface area contributed by atoms with Crippen LogP contribution in [0.4, 0.5) is 0 Å². The number of ether oxygens (including phenoxy) is 2. The molecule has 1 N–H and O–H groups in total. The molecule has 0 fully saturated rings. The van der Waals surface area contributed by atoms with Gasteiger partial charge in [-0.3, -0.25) is 0 Å². The second-order valence-electron chi connectivity index (χ2n) is 5.22. The summed E-state index contributed by atoms with van der Waals surface area (Å²) in [5.41, 5.74) is 1.72. The van der Waals surface area contributed by atoms with Crippen molar-refractivity contribution in [1.29, 1.82) is 0 Å². The largest absolute Gasteiger partial charge is 0.491 e. The first-order valence-corrected chi connectivity index (χ1v) is 9.66. The summed E-state index contributed by atoms with van der Waals surface area (Å²) in [6.07, 6.45) is 0. The van der Waals surface area contributed by atoms with E-state index in [-0.39, 0.29) is 11.4 Å². The minimum Gasteiger partial charge on any atom is -0.491 e.